The van der Waals surface area contributed by atoms with Crippen LogP contribution >= 0.6 is 27.7 Å². The highest BCUT2D eigenvalue weighted by molar-refractivity contribution is 9.10. The number of para-hydroxylation sites is 1. The average molecular weight is 415 g/mol. The molecule has 0 fully saturated rings. The summed E-state index contributed by atoms with van der Waals surface area (Å²) in [5.74, 6) is 0.0512. The van der Waals surface area contributed by atoms with Gasteiger partial charge < -0.3 is 0 Å². The van der Waals surface area contributed by atoms with Gasteiger partial charge in [0.2, 0.25) is 0 Å². The van der Waals surface area contributed by atoms with Gasteiger partial charge >= 0.3 is 0 Å². The van der Waals surface area contributed by atoms with Gasteiger partial charge in [0.05, 0.1) is 0 Å². The predicted molar refractivity (Wildman–Crippen MR) is 110 cm³/mol. The van der Waals surface area contributed by atoms with Gasteiger partial charge in [0, 0.05) is 21.4 Å². The highest BCUT2D eigenvalue weighted by Gasteiger charge is 2.31. The molecular formula is C20H19BrN2OS. The van der Waals surface area contributed by atoms with Crippen molar-refractivity contribution in [2.45, 2.75) is 19.9 Å². The van der Waals surface area contributed by atoms with Gasteiger partial charge in [-0.3, -0.25) is 9.69 Å². The van der Waals surface area contributed by atoms with E-state index in [1.165, 1.54) is 0 Å². The van der Waals surface area contributed by atoms with Crippen molar-refractivity contribution in [3.8, 4) is 0 Å². The molecular weight excluding hydrogens is 396 g/mol. The van der Waals surface area contributed by atoms with Crippen LogP contribution in [-0.2, 0) is 4.79 Å². The summed E-state index contributed by atoms with van der Waals surface area (Å²) in [4.78, 5) is 19.5. The molecule has 5 heteroatoms. The zero-order valence-electron chi connectivity index (χ0n) is 14.4. The van der Waals surface area contributed by atoms with Crippen molar-refractivity contribution in [1.82, 2.24) is 0 Å². The van der Waals surface area contributed by atoms with Crippen LogP contribution in [0.5, 0.6) is 0 Å². The largest absolute Gasteiger partial charge is 0.295 e. The smallest absolute Gasteiger partial charge is 0.168 e. The van der Waals surface area contributed by atoms with E-state index in [1.54, 1.807) is 18.7 Å². The van der Waals surface area contributed by atoms with Crippen LogP contribution in [0.3, 0.4) is 0 Å². The molecule has 0 aromatic heterocycles. The SMILES string of the molecule is CSC1=N[C@H](c2ccc(Br)cc2)C(C(C)=O)=C(C)N1c1ccccc1. The van der Waals surface area contributed by atoms with E-state index in [-0.39, 0.29) is 11.8 Å². The minimum Gasteiger partial charge on any atom is -0.295 e. The molecule has 0 spiro atoms. The number of halogens is 1. The van der Waals surface area contributed by atoms with E-state index >= 15 is 0 Å². The molecule has 2 aromatic rings. The highest BCUT2D eigenvalue weighted by atomic mass is 79.9. The maximum atomic E-state index is 12.5. The summed E-state index contributed by atoms with van der Waals surface area (Å²) in [5, 5.41) is 0.890. The number of aliphatic imine (C=N–C) groups is 1. The lowest BCUT2D eigenvalue weighted by atomic mass is 9.93. The normalized spacial score (nSPS) is 17.5. The Morgan fingerprint density at radius 1 is 1.12 bits per heavy atom. The highest BCUT2D eigenvalue weighted by Crippen LogP contribution is 2.38. The minimum absolute atomic E-state index is 0.0512. The molecule has 25 heavy (non-hydrogen) atoms. The van der Waals surface area contributed by atoms with Crippen molar-refractivity contribution in [2.24, 2.45) is 4.99 Å². The van der Waals surface area contributed by atoms with Crippen molar-refractivity contribution in [1.29, 1.82) is 0 Å². The fourth-order valence-electron chi connectivity index (χ4n) is 3.05. The standard InChI is InChI=1S/C20H19BrN2OS/c1-13-18(14(2)24)19(15-9-11-16(21)12-10-15)22-20(25-3)23(13)17-7-5-4-6-8-17/h4-12,19H,1-3H3/t19-/m1/s1. The number of rotatable bonds is 3. The first-order chi connectivity index (χ1) is 12.0. The van der Waals surface area contributed by atoms with Crippen LogP contribution in [0.1, 0.15) is 25.5 Å². The van der Waals surface area contributed by atoms with Crippen LogP contribution in [0.2, 0.25) is 0 Å². The maximum Gasteiger partial charge on any atom is 0.168 e. The lowest BCUT2D eigenvalue weighted by molar-refractivity contribution is -0.113. The van der Waals surface area contributed by atoms with E-state index in [2.05, 4.69) is 20.8 Å². The molecule has 1 atom stereocenters. The summed E-state index contributed by atoms with van der Waals surface area (Å²) in [6.45, 7) is 3.62. The Labute approximate surface area is 161 Å². The molecule has 0 saturated carbocycles. The topological polar surface area (TPSA) is 32.7 Å². The van der Waals surface area contributed by atoms with Crippen LogP contribution in [0.25, 0.3) is 0 Å². The molecule has 3 nitrogen and oxygen atoms in total. The van der Waals surface area contributed by atoms with E-state index in [9.17, 15) is 4.79 Å². The fraction of sp³-hybridized carbons (Fsp3) is 0.200. The van der Waals surface area contributed by atoms with Gasteiger partial charge in [-0.2, -0.15) is 0 Å². The molecule has 0 N–H and O–H groups in total. The number of thioether (sulfide) groups is 1. The number of anilines is 1. The van der Waals surface area contributed by atoms with E-state index in [1.807, 2.05) is 67.8 Å². The molecule has 2 aromatic carbocycles. The Bertz CT molecular complexity index is 844. The van der Waals surface area contributed by atoms with Crippen molar-refractivity contribution >= 4 is 44.3 Å². The number of Topliss-reactive ketones (excluding diaryl/α,β-unsaturated/α-hetero) is 1. The fourth-order valence-corrected chi connectivity index (χ4v) is 3.95. The zero-order chi connectivity index (χ0) is 18.0. The van der Waals surface area contributed by atoms with Crippen LogP contribution in [0.4, 0.5) is 5.69 Å². The number of amidine groups is 1. The van der Waals surface area contributed by atoms with E-state index in [0.29, 0.717) is 0 Å². The molecule has 1 aliphatic heterocycles. The van der Waals surface area contributed by atoms with E-state index in [0.717, 1.165) is 32.2 Å². The summed E-state index contributed by atoms with van der Waals surface area (Å²) in [6, 6.07) is 17.8. The first kappa shape index (κ1) is 18.0. The lowest BCUT2D eigenvalue weighted by Gasteiger charge is -2.34. The summed E-state index contributed by atoms with van der Waals surface area (Å²) in [5.41, 5.74) is 3.71. The molecule has 0 unspecified atom stereocenters. The number of allylic oxidation sites excluding steroid dienone is 1. The van der Waals surface area contributed by atoms with Gasteiger partial charge in [-0.15, -0.1) is 0 Å². The summed E-state index contributed by atoms with van der Waals surface area (Å²) in [6.07, 6.45) is 2.01. The van der Waals surface area contributed by atoms with Gasteiger partial charge in [0.25, 0.3) is 0 Å². The molecule has 128 valence electrons. The third-order valence-electron chi connectivity index (χ3n) is 4.19. The van der Waals surface area contributed by atoms with Crippen molar-refractivity contribution in [3.05, 3.63) is 75.9 Å². The number of carbonyl (C=O) groups excluding carboxylic acids is 1. The summed E-state index contributed by atoms with van der Waals surface area (Å²) < 4.78 is 1.01. The third kappa shape index (κ3) is 3.58. The third-order valence-corrected chi connectivity index (χ3v) is 5.37. The molecule has 0 bridgehead atoms. The maximum absolute atomic E-state index is 12.5. The lowest BCUT2D eigenvalue weighted by Crippen LogP contribution is -2.34. The van der Waals surface area contributed by atoms with Crippen molar-refractivity contribution in [3.63, 3.8) is 0 Å². The monoisotopic (exact) mass is 414 g/mol. The molecule has 0 saturated heterocycles. The Morgan fingerprint density at radius 3 is 2.32 bits per heavy atom. The minimum atomic E-state index is -0.270. The Hall–Kier alpha value is -1.85. The molecule has 3 rings (SSSR count). The second-order valence-electron chi connectivity index (χ2n) is 5.80. The van der Waals surface area contributed by atoms with E-state index < -0.39 is 0 Å². The number of ketones is 1. The van der Waals surface area contributed by atoms with Gasteiger partial charge in [-0.1, -0.05) is 58.0 Å². The average Bonchev–Trinajstić information content (AvgIpc) is 2.61. The van der Waals surface area contributed by atoms with Crippen LogP contribution < -0.4 is 4.90 Å². The molecule has 1 aliphatic rings. The van der Waals surface area contributed by atoms with Gasteiger partial charge in [0.1, 0.15) is 6.04 Å². The second-order valence-corrected chi connectivity index (χ2v) is 7.49. The number of nitrogens with zero attached hydrogens (tertiary/aromatic N) is 2. The van der Waals surface area contributed by atoms with Crippen molar-refractivity contribution < 1.29 is 4.79 Å². The Kier molecular flexibility index (Phi) is 5.45. The summed E-state index contributed by atoms with van der Waals surface area (Å²) >= 11 is 5.05. The number of hydrogen-bond donors (Lipinski definition) is 0. The van der Waals surface area contributed by atoms with Crippen LogP contribution in [0.15, 0.2) is 75.3 Å². The quantitative estimate of drug-likeness (QED) is 0.655. The van der Waals surface area contributed by atoms with Gasteiger partial charge in [-0.05, 0) is 49.9 Å². The molecule has 0 radical (unpaired) electrons. The molecule has 0 aliphatic carbocycles. The summed E-state index contributed by atoms with van der Waals surface area (Å²) in [7, 11) is 0. The van der Waals surface area contributed by atoms with Crippen LogP contribution in [0, 0.1) is 0 Å². The second kappa shape index (κ2) is 7.58. The zero-order valence-corrected chi connectivity index (χ0v) is 16.8. The van der Waals surface area contributed by atoms with Gasteiger partial charge in [-0.25, -0.2) is 4.99 Å². The van der Waals surface area contributed by atoms with Gasteiger partial charge in [0.15, 0.2) is 11.0 Å². The molecule has 0 amide bonds. The Balaban J connectivity index is 2.15. The first-order valence-corrected chi connectivity index (χ1v) is 9.99. The molecule has 1 heterocycles. The van der Waals surface area contributed by atoms with Crippen molar-refractivity contribution in [2.75, 3.05) is 11.2 Å². The van der Waals surface area contributed by atoms with Crippen LogP contribution in [-0.4, -0.2) is 17.2 Å². The number of carbonyl (C=O) groups is 1. The number of benzene rings is 2. The predicted octanol–water partition coefficient (Wildman–Crippen LogP) is 5.59. The Morgan fingerprint density at radius 2 is 1.76 bits per heavy atom. The number of hydrogen-bond acceptors (Lipinski definition) is 4. The van der Waals surface area contributed by atoms with E-state index in [4.69, 9.17) is 4.99 Å². The first-order valence-electron chi connectivity index (χ1n) is 7.97.